The number of benzene rings is 1. The van der Waals surface area contributed by atoms with Gasteiger partial charge in [-0.1, -0.05) is 12.5 Å². The summed E-state index contributed by atoms with van der Waals surface area (Å²) in [4.78, 5) is 12.0. The summed E-state index contributed by atoms with van der Waals surface area (Å²) in [6.07, 6.45) is 5.93. The average molecular weight is 281 g/mol. The average Bonchev–Trinajstić information content (AvgIpc) is 2.46. The number of carbonyl (C=O) groups excluding carboxylic acids is 1. The molecule has 1 aromatic heterocycles. The predicted octanol–water partition coefficient (Wildman–Crippen LogP) is 3.58. The lowest BCUT2D eigenvalue weighted by atomic mass is 9.83. The van der Waals surface area contributed by atoms with Crippen molar-refractivity contribution in [1.29, 1.82) is 0 Å². The Labute approximate surface area is 124 Å². The molecule has 108 valence electrons. The first-order chi connectivity index (χ1) is 10.2. The summed E-state index contributed by atoms with van der Waals surface area (Å²) in [5.41, 5.74) is 3.77. The van der Waals surface area contributed by atoms with Gasteiger partial charge in [0.05, 0.1) is 5.69 Å². The molecule has 1 aromatic carbocycles. The largest absolute Gasteiger partial charge is 0.326 e. The van der Waals surface area contributed by atoms with Crippen LogP contribution >= 0.6 is 0 Å². The van der Waals surface area contributed by atoms with Crippen molar-refractivity contribution in [1.82, 2.24) is 10.2 Å². The van der Waals surface area contributed by atoms with Gasteiger partial charge in [0.2, 0.25) is 5.91 Å². The zero-order valence-corrected chi connectivity index (χ0v) is 12.2. The van der Waals surface area contributed by atoms with E-state index in [-0.39, 0.29) is 5.91 Å². The number of carbonyl (C=O) groups is 1. The number of aryl methyl sites for hydroxylation is 1. The number of nitrogens with zero attached hydrogens (tertiary/aromatic N) is 2. The first-order valence-electron chi connectivity index (χ1n) is 7.41. The number of aromatic nitrogens is 2. The van der Waals surface area contributed by atoms with Crippen molar-refractivity contribution in [2.24, 2.45) is 5.92 Å². The topological polar surface area (TPSA) is 54.9 Å². The second-order valence-electron chi connectivity index (χ2n) is 5.69. The van der Waals surface area contributed by atoms with Crippen LogP contribution in [0.1, 0.15) is 31.2 Å². The van der Waals surface area contributed by atoms with E-state index >= 15 is 0 Å². The van der Waals surface area contributed by atoms with E-state index in [1.54, 1.807) is 6.20 Å². The molecule has 1 saturated carbocycles. The number of hydrogen-bond donors (Lipinski definition) is 1. The van der Waals surface area contributed by atoms with Crippen molar-refractivity contribution in [3.8, 4) is 11.3 Å². The van der Waals surface area contributed by atoms with Crippen molar-refractivity contribution in [2.75, 3.05) is 5.32 Å². The molecule has 1 aliphatic carbocycles. The van der Waals surface area contributed by atoms with Gasteiger partial charge in [-0.25, -0.2) is 0 Å². The predicted molar refractivity (Wildman–Crippen MR) is 82.8 cm³/mol. The Hall–Kier alpha value is -2.23. The molecule has 0 radical (unpaired) electrons. The molecule has 0 spiro atoms. The van der Waals surface area contributed by atoms with E-state index in [0.717, 1.165) is 22.5 Å². The van der Waals surface area contributed by atoms with Gasteiger partial charge in [0, 0.05) is 23.9 Å². The van der Waals surface area contributed by atoms with Gasteiger partial charge in [-0.2, -0.15) is 10.2 Å². The lowest BCUT2D eigenvalue weighted by Crippen LogP contribution is -2.20. The van der Waals surface area contributed by atoms with Gasteiger partial charge >= 0.3 is 0 Å². The SMILES string of the molecule is Cc1ccc(NC(=O)CC2CCC2)cc1-c1cccnn1. The molecule has 0 saturated heterocycles. The highest BCUT2D eigenvalue weighted by atomic mass is 16.1. The normalized spacial score (nSPS) is 14.5. The molecule has 21 heavy (non-hydrogen) atoms. The van der Waals surface area contributed by atoms with Crippen LogP contribution in [-0.4, -0.2) is 16.1 Å². The molecule has 2 aromatic rings. The van der Waals surface area contributed by atoms with Gasteiger partial charge in [0.15, 0.2) is 0 Å². The standard InChI is InChI=1S/C17H19N3O/c1-12-7-8-14(19-17(21)10-13-4-2-5-13)11-15(12)16-6-3-9-18-20-16/h3,6-9,11,13H,2,4-5,10H2,1H3,(H,19,21). The molecule has 0 atom stereocenters. The second-order valence-corrected chi connectivity index (χ2v) is 5.69. The maximum Gasteiger partial charge on any atom is 0.224 e. The lowest BCUT2D eigenvalue weighted by molar-refractivity contribution is -0.117. The molecular formula is C17H19N3O. The van der Waals surface area contributed by atoms with Crippen molar-refractivity contribution >= 4 is 11.6 Å². The zero-order valence-electron chi connectivity index (χ0n) is 12.2. The van der Waals surface area contributed by atoms with E-state index in [2.05, 4.69) is 15.5 Å². The maximum absolute atomic E-state index is 12.0. The molecule has 4 nitrogen and oxygen atoms in total. The fourth-order valence-corrected chi connectivity index (χ4v) is 2.59. The first-order valence-corrected chi connectivity index (χ1v) is 7.41. The van der Waals surface area contributed by atoms with Crippen LogP contribution in [0.5, 0.6) is 0 Å². The lowest BCUT2D eigenvalue weighted by Gasteiger charge is -2.24. The monoisotopic (exact) mass is 281 g/mol. The third kappa shape index (κ3) is 3.27. The zero-order chi connectivity index (χ0) is 14.7. The second kappa shape index (κ2) is 6.04. The summed E-state index contributed by atoms with van der Waals surface area (Å²) in [7, 11) is 0. The van der Waals surface area contributed by atoms with Crippen molar-refractivity contribution < 1.29 is 4.79 Å². The third-order valence-corrected chi connectivity index (χ3v) is 4.07. The Kier molecular flexibility index (Phi) is 3.95. The highest BCUT2D eigenvalue weighted by Crippen LogP contribution is 2.30. The summed E-state index contributed by atoms with van der Waals surface area (Å²) in [6, 6.07) is 9.70. The Bertz CT molecular complexity index is 636. The van der Waals surface area contributed by atoms with Crippen LogP contribution < -0.4 is 5.32 Å². The fourth-order valence-electron chi connectivity index (χ4n) is 2.59. The summed E-state index contributed by atoms with van der Waals surface area (Å²) >= 11 is 0. The van der Waals surface area contributed by atoms with Crippen LogP contribution in [-0.2, 0) is 4.79 Å². The minimum atomic E-state index is 0.105. The minimum Gasteiger partial charge on any atom is -0.326 e. The van der Waals surface area contributed by atoms with E-state index in [1.165, 1.54) is 19.3 Å². The highest BCUT2D eigenvalue weighted by molar-refractivity contribution is 5.91. The summed E-state index contributed by atoms with van der Waals surface area (Å²) < 4.78 is 0. The minimum absolute atomic E-state index is 0.105. The number of rotatable bonds is 4. The molecule has 4 heteroatoms. The first kappa shape index (κ1) is 13.7. The number of nitrogens with one attached hydrogen (secondary N) is 1. The van der Waals surface area contributed by atoms with E-state index < -0.39 is 0 Å². The van der Waals surface area contributed by atoms with E-state index in [4.69, 9.17) is 0 Å². The molecule has 1 heterocycles. The molecule has 1 amide bonds. The Balaban J connectivity index is 1.76. The molecule has 0 aliphatic heterocycles. The van der Waals surface area contributed by atoms with Crippen LogP contribution in [0.2, 0.25) is 0 Å². The van der Waals surface area contributed by atoms with Crippen molar-refractivity contribution in [3.63, 3.8) is 0 Å². The highest BCUT2D eigenvalue weighted by Gasteiger charge is 2.20. The van der Waals surface area contributed by atoms with Crippen LogP contribution in [0.15, 0.2) is 36.5 Å². The molecule has 3 rings (SSSR count). The van der Waals surface area contributed by atoms with Crippen molar-refractivity contribution in [2.45, 2.75) is 32.6 Å². The molecule has 1 N–H and O–H groups in total. The number of hydrogen-bond acceptors (Lipinski definition) is 3. The number of anilines is 1. The Morgan fingerprint density at radius 1 is 1.33 bits per heavy atom. The summed E-state index contributed by atoms with van der Waals surface area (Å²) in [5.74, 6) is 0.684. The van der Waals surface area contributed by atoms with Gasteiger partial charge in [0.25, 0.3) is 0 Å². The number of amides is 1. The summed E-state index contributed by atoms with van der Waals surface area (Å²) in [5, 5.41) is 11.0. The van der Waals surface area contributed by atoms with Crippen molar-refractivity contribution in [3.05, 3.63) is 42.1 Å². The smallest absolute Gasteiger partial charge is 0.224 e. The Morgan fingerprint density at radius 3 is 2.86 bits per heavy atom. The molecule has 1 aliphatic rings. The molecule has 0 bridgehead atoms. The Morgan fingerprint density at radius 2 is 2.19 bits per heavy atom. The molecule has 1 fully saturated rings. The van der Waals surface area contributed by atoms with Gasteiger partial charge in [-0.05, 0) is 55.5 Å². The third-order valence-electron chi connectivity index (χ3n) is 4.07. The maximum atomic E-state index is 12.0. The van der Waals surface area contributed by atoms with Gasteiger partial charge in [0.1, 0.15) is 0 Å². The quantitative estimate of drug-likeness (QED) is 0.932. The fraction of sp³-hybridized carbons (Fsp3) is 0.353. The van der Waals surface area contributed by atoms with E-state index in [0.29, 0.717) is 12.3 Å². The van der Waals surface area contributed by atoms with Gasteiger partial charge in [-0.15, -0.1) is 0 Å². The van der Waals surface area contributed by atoms with Gasteiger partial charge < -0.3 is 5.32 Å². The molecule has 0 unspecified atom stereocenters. The van der Waals surface area contributed by atoms with Crippen LogP contribution in [0.4, 0.5) is 5.69 Å². The van der Waals surface area contributed by atoms with Gasteiger partial charge in [-0.3, -0.25) is 4.79 Å². The van der Waals surface area contributed by atoms with Crippen LogP contribution in [0.3, 0.4) is 0 Å². The van der Waals surface area contributed by atoms with Crippen LogP contribution in [0.25, 0.3) is 11.3 Å². The summed E-state index contributed by atoms with van der Waals surface area (Å²) in [6.45, 7) is 2.03. The van der Waals surface area contributed by atoms with Crippen LogP contribution in [0, 0.1) is 12.8 Å². The molecular weight excluding hydrogens is 262 g/mol. The van der Waals surface area contributed by atoms with E-state index in [1.807, 2.05) is 37.3 Å². The van der Waals surface area contributed by atoms with E-state index in [9.17, 15) is 4.79 Å².